The van der Waals surface area contributed by atoms with Crippen LogP contribution in [0.2, 0.25) is 0 Å². The molecule has 1 aromatic heterocycles. The maximum Gasteiger partial charge on any atom is 0.304 e. The van der Waals surface area contributed by atoms with E-state index in [9.17, 15) is 9.90 Å². The van der Waals surface area contributed by atoms with Crippen LogP contribution < -0.4 is 5.32 Å². The molecule has 2 fully saturated rings. The number of likely N-dealkylation sites (tertiary alicyclic amines) is 1. The van der Waals surface area contributed by atoms with Gasteiger partial charge in [-0.15, -0.1) is 0 Å². The van der Waals surface area contributed by atoms with Crippen LogP contribution in [-0.2, 0) is 22.4 Å². The first-order valence-electron chi connectivity index (χ1n) is 13.0. The number of fused-ring (bicyclic) bond motifs is 1. The Bertz CT molecular complexity index is 989. The van der Waals surface area contributed by atoms with Crippen molar-refractivity contribution in [3.05, 3.63) is 58.8 Å². The lowest BCUT2D eigenvalue weighted by atomic mass is 9.90. The van der Waals surface area contributed by atoms with Crippen LogP contribution >= 0.6 is 0 Å². The summed E-state index contributed by atoms with van der Waals surface area (Å²) >= 11 is 0. The van der Waals surface area contributed by atoms with Crippen molar-refractivity contribution in [2.45, 2.75) is 56.8 Å². The number of aliphatic carboxylic acids is 1. The van der Waals surface area contributed by atoms with Gasteiger partial charge in [0.25, 0.3) is 0 Å². The van der Waals surface area contributed by atoms with Gasteiger partial charge in [0.05, 0.1) is 13.0 Å². The van der Waals surface area contributed by atoms with E-state index < -0.39 is 5.97 Å². The molecule has 6 heteroatoms. The van der Waals surface area contributed by atoms with Crippen molar-refractivity contribution in [2.75, 3.05) is 44.7 Å². The number of pyridine rings is 1. The molecule has 0 saturated carbocycles. The molecule has 5 rings (SSSR count). The van der Waals surface area contributed by atoms with E-state index in [1.54, 1.807) is 0 Å². The standard InChI is InChI=1S/C28H37N3O3/c32-27(33)16-25(23-4-1-3-22(15-23)24-11-14-34-19-24)18-31-13-10-20(17-31)6-8-26-9-7-21-5-2-12-29-28(21)30-26/h1,3-4,7,9,15,20,24-25H,2,5-6,8,10-14,16-19H2,(H,29,30)(H,32,33)/t20?,24?,25-/m1/s1. The summed E-state index contributed by atoms with van der Waals surface area (Å²) in [4.78, 5) is 19.0. The van der Waals surface area contributed by atoms with Gasteiger partial charge < -0.3 is 20.1 Å². The van der Waals surface area contributed by atoms with Gasteiger partial charge in [0.1, 0.15) is 5.82 Å². The molecule has 6 nitrogen and oxygen atoms in total. The smallest absolute Gasteiger partial charge is 0.304 e. The lowest BCUT2D eigenvalue weighted by molar-refractivity contribution is -0.137. The Kier molecular flexibility index (Phi) is 7.45. The van der Waals surface area contributed by atoms with Crippen molar-refractivity contribution in [3.8, 4) is 0 Å². The van der Waals surface area contributed by atoms with Crippen molar-refractivity contribution in [2.24, 2.45) is 5.92 Å². The van der Waals surface area contributed by atoms with Crippen molar-refractivity contribution in [1.82, 2.24) is 9.88 Å². The number of nitrogens with zero attached hydrogens (tertiary/aromatic N) is 2. The van der Waals surface area contributed by atoms with Crippen molar-refractivity contribution in [1.29, 1.82) is 0 Å². The van der Waals surface area contributed by atoms with Crippen molar-refractivity contribution < 1.29 is 14.6 Å². The number of hydrogen-bond donors (Lipinski definition) is 2. The van der Waals surface area contributed by atoms with Gasteiger partial charge in [-0.3, -0.25) is 4.79 Å². The predicted molar refractivity (Wildman–Crippen MR) is 134 cm³/mol. The van der Waals surface area contributed by atoms with Gasteiger partial charge in [-0.2, -0.15) is 0 Å². The molecule has 34 heavy (non-hydrogen) atoms. The van der Waals surface area contributed by atoms with Crippen LogP contribution in [0.4, 0.5) is 5.82 Å². The molecule has 2 unspecified atom stereocenters. The van der Waals surface area contributed by atoms with Crippen molar-refractivity contribution >= 4 is 11.8 Å². The van der Waals surface area contributed by atoms with Gasteiger partial charge >= 0.3 is 5.97 Å². The zero-order chi connectivity index (χ0) is 23.3. The molecule has 0 amide bonds. The van der Waals surface area contributed by atoms with E-state index in [0.29, 0.717) is 11.8 Å². The van der Waals surface area contributed by atoms with E-state index in [4.69, 9.17) is 9.72 Å². The maximum absolute atomic E-state index is 11.7. The van der Waals surface area contributed by atoms with Gasteiger partial charge in [0.2, 0.25) is 0 Å². The summed E-state index contributed by atoms with van der Waals surface area (Å²) in [5.41, 5.74) is 4.97. The molecule has 1 aromatic carbocycles. The lowest BCUT2D eigenvalue weighted by Gasteiger charge is -2.24. The van der Waals surface area contributed by atoms with Gasteiger partial charge in [-0.1, -0.05) is 30.3 Å². The number of carboxylic acid groups (broad SMARTS) is 1. The van der Waals surface area contributed by atoms with Gasteiger partial charge in [0.15, 0.2) is 0 Å². The van der Waals surface area contributed by atoms with Crippen LogP contribution in [0.1, 0.15) is 66.3 Å². The van der Waals surface area contributed by atoms with Crippen LogP contribution in [0.5, 0.6) is 0 Å². The number of aromatic nitrogens is 1. The molecule has 2 N–H and O–H groups in total. The Labute approximate surface area is 202 Å². The first-order valence-corrected chi connectivity index (χ1v) is 13.0. The van der Waals surface area contributed by atoms with Crippen LogP contribution in [0.15, 0.2) is 36.4 Å². The normalized spacial score (nSPS) is 23.4. The number of ether oxygens (including phenoxy) is 1. The topological polar surface area (TPSA) is 74.7 Å². The predicted octanol–water partition coefficient (Wildman–Crippen LogP) is 4.46. The Morgan fingerprint density at radius 3 is 3.06 bits per heavy atom. The van der Waals surface area contributed by atoms with Crippen molar-refractivity contribution in [3.63, 3.8) is 0 Å². The number of hydrogen-bond acceptors (Lipinski definition) is 5. The molecule has 3 aliphatic heterocycles. The molecule has 0 radical (unpaired) electrons. The zero-order valence-corrected chi connectivity index (χ0v) is 20.0. The summed E-state index contributed by atoms with van der Waals surface area (Å²) in [6, 6.07) is 13.0. The third-order valence-corrected chi connectivity index (χ3v) is 7.81. The third-order valence-electron chi connectivity index (χ3n) is 7.81. The van der Waals surface area contributed by atoms with Crippen LogP contribution in [0.3, 0.4) is 0 Å². The molecule has 0 bridgehead atoms. The van der Waals surface area contributed by atoms with E-state index in [-0.39, 0.29) is 12.3 Å². The fraction of sp³-hybridized carbons (Fsp3) is 0.571. The number of anilines is 1. The van der Waals surface area contributed by atoms with Gasteiger partial charge in [-0.05, 0) is 73.7 Å². The van der Waals surface area contributed by atoms with Crippen LogP contribution in [0, 0.1) is 5.92 Å². The first-order chi connectivity index (χ1) is 16.6. The Morgan fingerprint density at radius 1 is 1.26 bits per heavy atom. The average Bonchev–Trinajstić information content (AvgIpc) is 3.55. The van der Waals surface area contributed by atoms with E-state index in [1.807, 2.05) is 0 Å². The Balaban J connectivity index is 1.17. The molecular weight excluding hydrogens is 426 g/mol. The fourth-order valence-electron chi connectivity index (χ4n) is 5.85. The number of aryl methyl sites for hydroxylation is 2. The average molecular weight is 464 g/mol. The molecule has 4 heterocycles. The molecular formula is C28H37N3O3. The highest BCUT2D eigenvalue weighted by Crippen LogP contribution is 2.31. The SMILES string of the molecule is O=C(O)C[C@H](CN1CCC(CCc2ccc3c(n2)NCCC3)C1)c1cccc(C2CCOC2)c1. The van der Waals surface area contributed by atoms with E-state index in [2.05, 4.69) is 46.6 Å². The summed E-state index contributed by atoms with van der Waals surface area (Å²) < 4.78 is 5.57. The van der Waals surface area contributed by atoms with E-state index in [0.717, 1.165) is 76.5 Å². The van der Waals surface area contributed by atoms with Gasteiger partial charge in [-0.25, -0.2) is 4.98 Å². The molecule has 3 aliphatic rings. The second-order valence-corrected chi connectivity index (χ2v) is 10.3. The summed E-state index contributed by atoms with van der Waals surface area (Å²) in [5, 5.41) is 13.0. The van der Waals surface area contributed by atoms with E-state index in [1.165, 1.54) is 29.7 Å². The van der Waals surface area contributed by atoms with Gasteiger partial charge in [0, 0.05) is 43.8 Å². The number of nitrogens with one attached hydrogen (secondary N) is 1. The lowest BCUT2D eigenvalue weighted by Crippen LogP contribution is -2.28. The minimum absolute atomic E-state index is 0.0203. The highest BCUT2D eigenvalue weighted by atomic mass is 16.5. The second kappa shape index (κ2) is 10.9. The first kappa shape index (κ1) is 23.3. The summed E-state index contributed by atoms with van der Waals surface area (Å²) in [6.07, 6.45) is 6.88. The summed E-state index contributed by atoms with van der Waals surface area (Å²) in [7, 11) is 0. The largest absolute Gasteiger partial charge is 0.481 e. The Morgan fingerprint density at radius 2 is 2.21 bits per heavy atom. The molecule has 0 spiro atoms. The molecule has 0 aliphatic carbocycles. The minimum Gasteiger partial charge on any atom is -0.481 e. The summed E-state index contributed by atoms with van der Waals surface area (Å²) in [5.74, 6) is 1.47. The number of carbonyl (C=O) groups is 1. The third kappa shape index (κ3) is 5.78. The van der Waals surface area contributed by atoms with E-state index >= 15 is 0 Å². The Hall–Kier alpha value is -2.44. The van der Waals surface area contributed by atoms with Crippen LogP contribution in [0.25, 0.3) is 0 Å². The van der Waals surface area contributed by atoms with Crippen LogP contribution in [-0.4, -0.2) is 60.4 Å². The minimum atomic E-state index is -0.720. The summed E-state index contributed by atoms with van der Waals surface area (Å²) in [6.45, 7) is 5.53. The number of rotatable bonds is 9. The zero-order valence-electron chi connectivity index (χ0n) is 20.0. The molecule has 182 valence electrons. The second-order valence-electron chi connectivity index (χ2n) is 10.3. The number of carboxylic acids is 1. The quantitative estimate of drug-likeness (QED) is 0.572. The fourth-order valence-corrected chi connectivity index (χ4v) is 5.85. The molecule has 3 atom stereocenters. The highest BCUT2D eigenvalue weighted by Gasteiger charge is 2.27. The molecule has 2 aromatic rings. The molecule has 2 saturated heterocycles. The monoisotopic (exact) mass is 463 g/mol. The number of benzene rings is 1. The maximum atomic E-state index is 11.7. The highest BCUT2D eigenvalue weighted by molar-refractivity contribution is 5.68.